The van der Waals surface area contributed by atoms with Gasteiger partial charge in [0, 0.05) is 24.8 Å². The first-order valence-corrected chi connectivity index (χ1v) is 7.02. The SMILES string of the molecule is CCOC(CNC(=O)NCc1cccc(Cl)c1)OCC. The molecule has 0 radical (unpaired) electrons. The molecule has 1 aromatic carbocycles. The normalized spacial score (nSPS) is 10.6. The summed E-state index contributed by atoms with van der Waals surface area (Å²) in [6, 6.07) is 7.08. The smallest absolute Gasteiger partial charge is 0.315 e. The Morgan fingerprint density at radius 2 is 1.95 bits per heavy atom. The third kappa shape index (κ3) is 6.75. The highest BCUT2D eigenvalue weighted by molar-refractivity contribution is 6.30. The van der Waals surface area contributed by atoms with E-state index in [0.717, 1.165) is 5.56 Å². The van der Waals surface area contributed by atoms with Crippen LogP contribution in [-0.2, 0) is 16.0 Å². The van der Waals surface area contributed by atoms with Crippen LogP contribution in [0, 0.1) is 0 Å². The molecule has 0 spiro atoms. The third-order valence-corrected chi connectivity index (χ3v) is 2.71. The molecule has 0 saturated carbocycles. The average Bonchev–Trinajstić information content (AvgIpc) is 2.43. The minimum atomic E-state index is -0.415. The van der Waals surface area contributed by atoms with Crippen molar-refractivity contribution in [2.24, 2.45) is 0 Å². The molecule has 0 unspecified atom stereocenters. The van der Waals surface area contributed by atoms with Crippen LogP contribution in [0.4, 0.5) is 4.79 Å². The molecule has 0 aliphatic heterocycles. The topological polar surface area (TPSA) is 59.6 Å². The zero-order chi connectivity index (χ0) is 14.8. The van der Waals surface area contributed by atoms with Gasteiger partial charge in [0.15, 0.2) is 6.29 Å². The van der Waals surface area contributed by atoms with Crippen molar-refractivity contribution in [2.45, 2.75) is 26.7 Å². The molecule has 0 aliphatic carbocycles. The molecule has 0 atom stereocenters. The summed E-state index contributed by atoms with van der Waals surface area (Å²) >= 11 is 5.87. The standard InChI is InChI=1S/C14H21ClN2O3/c1-3-19-13(20-4-2)10-17-14(18)16-9-11-6-5-7-12(15)8-11/h5-8,13H,3-4,9-10H2,1-2H3,(H2,16,17,18). The van der Waals surface area contributed by atoms with Crippen molar-refractivity contribution in [3.05, 3.63) is 34.9 Å². The summed E-state index contributed by atoms with van der Waals surface area (Å²) in [5, 5.41) is 6.10. The van der Waals surface area contributed by atoms with Gasteiger partial charge in [-0.3, -0.25) is 0 Å². The van der Waals surface area contributed by atoms with Crippen molar-refractivity contribution < 1.29 is 14.3 Å². The van der Waals surface area contributed by atoms with E-state index in [1.165, 1.54) is 0 Å². The summed E-state index contributed by atoms with van der Waals surface area (Å²) in [4.78, 5) is 11.6. The Bertz CT molecular complexity index is 409. The fourth-order valence-electron chi connectivity index (χ4n) is 1.61. The molecule has 5 nitrogen and oxygen atoms in total. The van der Waals surface area contributed by atoms with E-state index < -0.39 is 6.29 Å². The Morgan fingerprint density at radius 1 is 1.25 bits per heavy atom. The summed E-state index contributed by atoms with van der Waals surface area (Å²) in [7, 11) is 0. The number of urea groups is 1. The fraction of sp³-hybridized carbons (Fsp3) is 0.500. The largest absolute Gasteiger partial charge is 0.351 e. The molecule has 0 bridgehead atoms. The number of benzene rings is 1. The van der Waals surface area contributed by atoms with E-state index in [0.29, 0.717) is 31.3 Å². The highest BCUT2D eigenvalue weighted by Crippen LogP contribution is 2.10. The lowest BCUT2D eigenvalue weighted by atomic mass is 10.2. The number of rotatable bonds is 8. The molecule has 0 heterocycles. The molecule has 20 heavy (non-hydrogen) atoms. The van der Waals surface area contributed by atoms with Crippen molar-refractivity contribution >= 4 is 17.6 Å². The van der Waals surface area contributed by atoms with E-state index in [2.05, 4.69) is 10.6 Å². The van der Waals surface area contributed by atoms with Crippen LogP contribution in [0.5, 0.6) is 0 Å². The number of hydrogen-bond acceptors (Lipinski definition) is 3. The number of hydrogen-bond donors (Lipinski definition) is 2. The van der Waals surface area contributed by atoms with E-state index >= 15 is 0 Å². The monoisotopic (exact) mass is 300 g/mol. The van der Waals surface area contributed by atoms with Crippen molar-refractivity contribution in [3.63, 3.8) is 0 Å². The van der Waals surface area contributed by atoms with Gasteiger partial charge in [-0.25, -0.2) is 4.79 Å². The van der Waals surface area contributed by atoms with E-state index in [9.17, 15) is 4.79 Å². The molecular formula is C14H21ClN2O3. The third-order valence-electron chi connectivity index (χ3n) is 2.48. The Balaban J connectivity index is 2.29. The first-order valence-electron chi connectivity index (χ1n) is 6.65. The number of carbonyl (C=O) groups excluding carboxylic acids is 1. The summed E-state index contributed by atoms with van der Waals surface area (Å²) in [5.41, 5.74) is 0.943. The fourth-order valence-corrected chi connectivity index (χ4v) is 1.82. The summed E-state index contributed by atoms with van der Waals surface area (Å²) < 4.78 is 10.7. The lowest BCUT2D eigenvalue weighted by Crippen LogP contribution is -2.41. The number of nitrogens with one attached hydrogen (secondary N) is 2. The van der Waals surface area contributed by atoms with E-state index in [4.69, 9.17) is 21.1 Å². The van der Waals surface area contributed by atoms with E-state index in [-0.39, 0.29) is 6.03 Å². The van der Waals surface area contributed by atoms with Crippen LogP contribution in [0.2, 0.25) is 5.02 Å². The van der Waals surface area contributed by atoms with Gasteiger partial charge in [-0.15, -0.1) is 0 Å². The minimum Gasteiger partial charge on any atom is -0.351 e. The molecule has 1 rings (SSSR count). The van der Waals surface area contributed by atoms with Gasteiger partial charge in [0.1, 0.15) is 0 Å². The van der Waals surface area contributed by atoms with Gasteiger partial charge in [0.25, 0.3) is 0 Å². The highest BCUT2D eigenvalue weighted by Gasteiger charge is 2.09. The predicted molar refractivity (Wildman–Crippen MR) is 78.7 cm³/mol. The molecule has 2 amide bonds. The number of ether oxygens (including phenoxy) is 2. The molecule has 0 fully saturated rings. The molecular weight excluding hydrogens is 280 g/mol. The number of amides is 2. The second kappa shape index (κ2) is 9.58. The average molecular weight is 301 g/mol. The first-order chi connectivity index (χ1) is 9.65. The number of halogens is 1. The van der Waals surface area contributed by atoms with Crippen LogP contribution in [0.1, 0.15) is 19.4 Å². The van der Waals surface area contributed by atoms with Crippen LogP contribution < -0.4 is 10.6 Å². The van der Waals surface area contributed by atoms with Crippen LogP contribution in [0.25, 0.3) is 0 Å². The minimum absolute atomic E-state index is 0.269. The Kier molecular flexibility index (Phi) is 8.02. The Hall–Kier alpha value is -1.30. The van der Waals surface area contributed by atoms with Gasteiger partial charge in [-0.2, -0.15) is 0 Å². The highest BCUT2D eigenvalue weighted by atomic mass is 35.5. The van der Waals surface area contributed by atoms with E-state index in [1.807, 2.05) is 32.0 Å². The maximum Gasteiger partial charge on any atom is 0.315 e. The molecule has 0 saturated heterocycles. The summed E-state index contributed by atoms with van der Waals surface area (Å²) in [6.45, 7) is 5.56. The van der Waals surface area contributed by atoms with Gasteiger partial charge in [0.2, 0.25) is 0 Å². The molecule has 6 heteroatoms. The quantitative estimate of drug-likeness (QED) is 0.725. The lowest BCUT2D eigenvalue weighted by molar-refractivity contribution is -0.131. The van der Waals surface area contributed by atoms with Crippen molar-refractivity contribution in [1.29, 1.82) is 0 Å². The Labute approximate surface area is 124 Å². The van der Waals surface area contributed by atoms with Gasteiger partial charge < -0.3 is 20.1 Å². The summed E-state index contributed by atoms with van der Waals surface area (Å²) in [5.74, 6) is 0. The van der Waals surface area contributed by atoms with Gasteiger partial charge in [-0.1, -0.05) is 23.7 Å². The van der Waals surface area contributed by atoms with Crippen LogP contribution >= 0.6 is 11.6 Å². The molecule has 112 valence electrons. The molecule has 2 N–H and O–H groups in total. The zero-order valence-electron chi connectivity index (χ0n) is 11.8. The van der Waals surface area contributed by atoms with Crippen molar-refractivity contribution in [1.82, 2.24) is 10.6 Å². The number of carbonyl (C=O) groups is 1. The van der Waals surface area contributed by atoms with E-state index in [1.54, 1.807) is 6.07 Å². The van der Waals surface area contributed by atoms with Crippen LogP contribution in [0.15, 0.2) is 24.3 Å². The van der Waals surface area contributed by atoms with Crippen molar-refractivity contribution in [3.8, 4) is 0 Å². The maximum absolute atomic E-state index is 11.6. The van der Waals surface area contributed by atoms with Crippen LogP contribution in [0.3, 0.4) is 0 Å². The van der Waals surface area contributed by atoms with Gasteiger partial charge in [-0.05, 0) is 31.5 Å². The lowest BCUT2D eigenvalue weighted by Gasteiger charge is -2.17. The summed E-state index contributed by atoms with van der Waals surface area (Å²) in [6.07, 6.45) is -0.415. The molecule has 0 aliphatic rings. The Morgan fingerprint density at radius 3 is 2.55 bits per heavy atom. The molecule has 1 aromatic rings. The van der Waals surface area contributed by atoms with Crippen molar-refractivity contribution in [2.75, 3.05) is 19.8 Å². The second-order valence-corrected chi connectivity index (χ2v) is 4.47. The zero-order valence-corrected chi connectivity index (χ0v) is 12.6. The van der Waals surface area contributed by atoms with Crippen LogP contribution in [-0.4, -0.2) is 32.1 Å². The van der Waals surface area contributed by atoms with Gasteiger partial charge in [0.05, 0.1) is 6.54 Å². The second-order valence-electron chi connectivity index (χ2n) is 4.03. The first kappa shape index (κ1) is 16.8. The molecule has 0 aromatic heterocycles. The predicted octanol–water partition coefficient (Wildman–Crippen LogP) is 2.54. The maximum atomic E-state index is 11.6. The van der Waals surface area contributed by atoms with Gasteiger partial charge >= 0.3 is 6.03 Å².